The van der Waals surface area contributed by atoms with Gasteiger partial charge in [0.15, 0.2) is 22.4 Å². The van der Waals surface area contributed by atoms with E-state index in [-0.39, 0.29) is 28.2 Å². The topological polar surface area (TPSA) is 35.5 Å². The summed E-state index contributed by atoms with van der Waals surface area (Å²) in [4.78, 5) is 15.2. The van der Waals surface area contributed by atoms with E-state index in [1.165, 1.54) is 10.5 Å². The van der Waals surface area contributed by atoms with Crippen molar-refractivity contribution in [3.8, 4) is 0 Å². The predicted octanol–water partition coefficient (Wildman–Crippen LogP) is 9.53. The fraction of sp³-hybridized carbons (Fsp3) is 0.710. The maximum absolute atomic E-state index is 14.1. The van der Waals surface area contributed by atoms with Crippen molar-refractivity contribution in [2.75, 3.05) is 0 Å². The standard InChI is InChI=1S/C31H52O3SSi2/c1-22-13-15-25(16-14-22)35-21-23-19-27(34-37(11,12)30(5,6)7)26-20-24(17-18-31(26,8)28(23)32)33-36(9,10)29(2,3)4/h13-16,21,24,26-27H,17-20H2,1-12H3/b23-21-/t24-,26-,27-,31-/m0/s1. The molecule has 0 amide bonds. The highest BCUT2D eigenvalue weighted by Crippen LogP contribution is 2.54. The predicted molar refractivity (Wildman–Crippen MR) is 164 cm³/mol. The Morgan fingerprint density at radius 1 is 0.946 bits per heavy atom. The minimum Gasteiger partial charge on any atom is -0.414 e. The highest BCUT2D eigenvalue weighted by Gasteiger charge is 2.55. The molecule has 0 aromatic heterocycles. The third kappa shape index (κ3) is 6.74. The molecule has 0 spiro atoms. The molecular weight excluding hydrogens is 509 g/mol. The van der Waals surface area contributed by atoms with E-state index in [1.54, 1.807) is 11.8 Å². The van der Waals surface area contributed by atoms with E-state index in [0.29, 0.717) is 12.2 Å². The van der Waals surface area contributed by atoms with Gasteiger partial charge in [-0.1, -0.05) is 77.9 Å². The summed E-state index contributed by atoms with van der Waals surface area (Å²) in [6.45, 7) is 27.5. The normalized spacial score (nSPS) is 28.9. The maximum atomic E-state index is 14.1. The van der Waals surface area contributed by atoms with Crippen molar-refractivity contribution >= 4 is 34.2 Å². The summed E-state index contributed by atoms with van der Waals surface area (Å²) in [7, 11) is -3.91. The Kier molecular flexibility index (Phi) is 8.94. The molecule has 1 aromatic rings. The van der Waals surface area contributed by atoms with Gasteiger partial charge in [0.25, 0.3) is 0 Å². The molecule has 0 heterocycles. The van der Waals surface area contributed by atoms with Gasteiger partial charge in [0.1, 0.15) is 0 Å². The van der Waals surface area contributed by atoms with Crippen LogP contribution in [0.25, 0.3) is 0 Å². The van der Waals surface area contributed by atoms with E-state index in [4.69, 9.17) is 8.85 Å². The van der Waals surface area contributed by atoms with Gasteiger partial charge in [-0.25, -0.2) is 0 Å². The highest BCUT2D eigenvalue weighted by molar-refractivity contribution is 8.02. The van der Waals surface area contributed by atoms with E-state index in [2.05, 4.69) is 111 Å². The molecule has 37 heavy (non-hydrogen) atoms. The van der Waals surface area contributed by atoms with Gasteiger partial charge in [-0.3, -0.25) is 4.79 Å². The Morgan fingerprint density at radius 2 is 1.49 bits per heavy atom. The number of Topliss-reactive ketones (excluding diaryl/α,β-unsaturated/α-hetero) is 1. The van der Waals surface area contributed by atoms with Crippen LogP contribution >= 0.6 is 11.8 Å². The molecule has 2 aliphatic carbocycles. The third-order valence-corrected chi connectivity index (χ3v) is 19.9. The third-order valence-electron chi connectivity index (χ3n) is 9.88. The van der Waals surface area contributed by atoms with E-state index >= 15 is 0 Å². The van der Waals surface area contributed by atoms with Crippen molar-refractivity contribution in [3.63, 3.8) is 0 Å². The molecule has 2 saturated carbocycles. The summed E-state index contributed by atoms with van der Waals surface area (Å²) in [5, 5.41) is 2.42. The van der Waals surface area contributed by atoms with Gasteiger partial charge >= 0.3 is 0 Å². The van der Waals surface area contributed by atoms with Crippen LogP contribution in [0.5, 0.6) is 0 Å². The first-order valence-electron chi connectivity index (χ1n) is 14.1. The Labute approximate surface area is 233 Å². The Morgan fingerprint density at radius 3 is 2.03 bits per heavy atom. The second kappa shape index (κ2) is 10.7. The van der Waals surface area contributed by atoms with Crippen LogP contribution in [0.3, 0.4) is 0 Å². The van der Waals surface area contributed by atoms with Crippen molar-refractivity contribution in [2.24, 2.45) is 11.3 Å². The van der Waals surface area contributed by atoms with Crippen LogP contribution in [0.15, 0.2) is 40.1 Å². The van der Waals surface area contributed by atoms with Crippen molar-refractivity contribution in [3.05, 3.63) is 40.8 Å². The molecule has 6 heteroatoms. The molecule has 0 unspecified atom stereocenters. The minimum atomic E-state index is -2.02. The highest BCUT2D eigenvalue weighted by atomic mass is 32.2. The number of rotatable bonds is 6. The van der Waals surface area contributed by atoms with E-state index in [9.17, 15) is 4.79 Å². The molecule has 3 nitrogen and oxygen atoms in total. The van der Waals surface area contributed by atoms with Crippen LogP contribution in [0.4, 0.5) is 0 Å². The number of thioether (sulfide) groups is 1. The first kappa shape index (κ1) is 30.9. The molecule has 1 aromatic carbocycles. The van der Waals surface area contributed by atoms with Gasteiger partial charge in [-0.15, -0.1) is 0 Å². The maximum Gasteiger partial charge on any atom is 0.192 e. The SMILES string of the molecule is Cc1ccc(S/C=C2/C[C@H](O[Si](C)(C)C(C)(C)C)[C@@H]3C[C@@H](O[Si](C)(C)C(C)(C)C)CC[C@]3(C)C2=O)cc1. The fourth-order valence-electron chi connectivity index (χ4n) is 5.21. The number of benzene rings is 1. The van der Waals surface area contributed by atoms with Crippen LogP contribution in [0, 0.1) is 18.3 Å². The smallest absolute Gasteiger partial charge is 0.192 e. The molecule has 0 N–H and O–H groups in total. The molecule has 2 aliphatic rings. The van der Waals surface area contributed by atoms with Crippen LogP contribution < -0.4 is 0 Å². The monoisotopic (exact) mass is 560 g/mol. The molecule has 0 bridgehead atoms. The average molecular weight is 561 g/mol. The first-order chi connectivity index (χ1) is 16.8. The van der Waals surface area contributed by atoms with Crippen molar-refractivity contribution in [1.29, 1.82) is 0 Å². The Bertz CT molecular complexity index is 1000. The van der Waals surface area contributed by atoms with Gasteiger partial charge in [-0.2, -0.15) is 0 Å². The zero-order chi connectivity index (χ0) is 28.0. The number of hydrogen-bond acceptors (Lipinski definition) is 4. The summed E-state index contributed by atoms with van der Waals surface area (Å²) >= 11 is 1.67. The number of fused-ring (bicyclic) bond motifs is 1. The fourth-order valence-corrected chi connectivity index (χ4v) is 8.74. The molecule has 0 aliphatic heterocycles. The average Bonchev–Trinajstić information content (AvgIpc) is 2.75. The number of ketones is 1. The Hall–Kier alpha value is -0.666. The number of aryl methyl sites for hydroxylation is 1. The van der Waals surface area contributed by atoms with Gasteiger partial charge in [-0.05, 0) is 85.9 Å². The van der Waals surface area contributed by atoms with Gasteiger partial charge in [0, 0.05) is 28.4 Å². The largest absolute Gasteiger partial charge is 0.414 e. The molecule has 208 valence electrons. The van der Waals surface area contributed by atoms with Crippen LogP contribution in [-0.4, -0.2) is 34.6 Å². The lowest BCUT2D eigenvalue weighted by Crippen LogP contribution is -2.57. The number of carbonyl (C=O) groups is 1. The van der Waals surface area contributed by atoms with E-state index in [1.807, 2.05) is 0 Å². The van der Waals surface area contributed by atoms with E-state index < -0.39 is 22.0 Å². The van der Waals surface area contributed by atoms with E-state index in [0.717, 1.165) is 24.8 Å². The van der Waals surface area contributed by atoms with Crippen molar-refractivity contribution in [1.82, 2.24) is 0 Å². The minimum absolute atomic E-state index is 0.0549. The zero-order valence-corrected chi connectivity index (χ0v) is 28.4. The lowest BCUT2D eigenvalue weighted by Gasteiger charge is -2.53. The molecule has 0 saturated heterocycles. The second-order valence-corrected chi connectivity index (χ2v) is 25.3. The lowest BCUT2D eigenvalue weighted by molar-refractivity contribution is -0.140. The Balaban J connectivity index is 1.93. The summed E-state index contributed by atoms with van der Waals surface area (Å²) in [5.41, 5.74) is 1.80. The lowest BCUT2D eigenvalue weighted by atomic mass is 9.57. The summed E-state index contributed by atoms with van der Waals surface area (Å²) in [6, 6.07) is 8.55. The number of carbonyl (C=O) groups excluding carboxylic acids is 1. The molecular formula is C31H52O3SSi2. The van der Waals surface area contributed by atoms with Crippen molar-refractivity contribution < 1.29 is 13.6 Å². The summed E-state index contributed by atoms with van der Waals surface area (Å²) < 4.78 is 14.1. The number of hydrogen-bond donors (Lipinski definition) is 0. The second-order valence-electron chi connectivity index (χ2n) is 14.8. The van der Waals surface area contributed by atoms with Gasteiger partial charge in [0.05, 0.1) is 6.10 Å². The van der Waals surface area contributed by atoms with Crippen LogP contribution in [0.2, 0.25) is 36.3 Å². The summed E-state index contributed by atoms with van der Waals surface area (Å²) in [5.74, 6) is 0.525. The van der Waals surface area contributed by atoms with Crippen molar-refractivity contribution in [2.45, 2.75) is 134 Å². The summed E-state index contributed by atoms with van der Waals surface area (Å²) in [6.07, 6.45) is 3.73. The first-order valence-corrected chi connectivity index (χ1v) is 20.8. The molecule has 4 atom stereocenters. The molecule has 0 radical (unpaired) electrons. The van der Waals surface area contributed by atoms with Crippen LogP contribution in [0.1, 0.15) is 79.7 Å². The zero-order valence-electron chi connectivity index (χ0n) is 25.6. The molecule has 2 fully saturated rings. The van der Waals surface area contributed by atoms with Gasteiger partial charge < -0.3 is 8.85 Å². The van der Waals surface area contributed by atoms with Gasteiger partial charge in [0.2, 0.25) is 0 Å². The molecule has 3 rings (SSSR count). The van der Waals surface area contributed by atoms with Crippen LogP contribution in [-0.2, 0) is 13.6 Å². The quantitative estimate of drug-likeness (QED) is 0.197.